The minimum atomic E-state index is -0.0585. The van der Waals surface area contributed by atoms with E-state index in [9.17, 15) is 4.79 Å². The van der Waals surface area contributed by atoms with Crippen molar-refractivity contribution in [3.8, 4) is 5.82 Å². The zero-order chi connectivity index (χ0) is 17.8. The van der Waals surface area contributed by atoms with Gasteiger partial charge in [-0.1, -0.05) is 0 Å². The van der Waals surface area contributed by atoms with E-state index in [0.29, 0.717) is 12.4 Å². The average Bonchev–Trinajstić information content (AvgIpc) is 3.23. The van der Waals surface area contributed by atoms with E-state index in [2.05, 4.69) is 30.0 Å². The molecule has 0 spiro atoms. The molecule has 1 saturated heterocycles. The summed E-state index contributed by atoms with van der Waals surface area (Å²) in [7, 11) is 0. The molecule has 0 aliphatic carbocycles. The van der Waals surface area contributed by atoms with E-state index >= 15 is 0 Å². The second-order valence-corrected chi connectivity index (χ2v) is 6.10. The molecule has 1 fully saturated rings. The first-order chi connectivity index (χ1) is 12.8. The molecule has 3 aromatic rings. The van der Waals surface area contributed by atoms with Crippen LogP contribution in [0.4, 0.5) is 5.82 Å². The Balaban J connectivity index is 1.34. The Bertz CT molecular complexity index is 899. The smallest absolute Gasteiger partial charge is 0.266 e. The maximum Gasteiger partial charge on any atom is 0.266 e. The van der Waals surface area contributed by atoms with Crippen LogP contribution in [-0.4, -0.2) is 67.2 Å². The normalized spacial score (nSPS) is 15.3. The van der Waals surface area contributed by atoms with Gasteiger partial charge in [0.15, 0.2) is 5.82 Å². The van der Waals surface area contributed by atoms with E-state index in [0.717, 1.165) is 38.5 Å². The van der Waals surface area contributed by atoms with Gasteiger partial charge in [-0.15, -0.1) is 0 Å². The van der Waals surface area contributed by atoms with Crippen LogP contribution in [0.5, 0.6) is 0 Å². The summed E-state index contributed by atoms with van der Waals surface area (Å²) in [6.07, 6.45) is 8.71. The van der Waals surface area contributed by atoms with Gasteiger partial charge in [-0.2, -0.15) is 10.2 Å². The van der Waals surface area contributed by atoms with Gasteiger partial charge in [0.05, 0.1) is 18.9 Å². The van der Waals surface area contributed by atoms with Gasteiger partial charge < -0.3 is 4.90 Å². The van der Waals surface area contributed by atoms with Crippen molar-refractivity contribution in [3.63, 3.8) is 0 Å². The number of piperazine rings is 1. The molecule has 26 heavy (non-hydrogen) atoms. The third kappa shape index (κ3) is 3.62. The Morgan fingerprint density at radius 2 is 1.73 bits per heavy atom. The lowest BCUT2D eigenvalue weighted by molar-refractivity contribution is 0.242. The predicted octanol–water partition coefficient (Wildman–Crippen LogP) is 0.0412. The van der Waals surface area contributed by atoms with Gasteiger partial charge in [-0.3, -0.25) is 14.7 Å². The van der Waals surface area contributed by atoms with Crippen LogP contribution in [0.2, 0.25) is 0 Å². The molecule has 134 valence electrons. The molecule has 1 aliphatic heterocycles. The van der Waals surface area contributed by atoms with Crippen LogP contribution in [0.15, 0.2) is 54.0 Å². The number of aromatic nitrogens is 6. The first-order valence-corrected chi connectivity index (χ1v) is 8.61. The summed E-state index contributed by atoms with van der Waals surface area (Å²) in [5.74, 6) is 1.57. The molecule has 9 nitrogen and oxygen atoms in total. The fraction of sp³-hybridized carbons (Fsp3) is 0.353. The van der Waals surface area contributed by atoms with Crippen LogP contribution < -0.4 is 10.5 Å². The molecule has 0 atom stereocenters. The monoisotopic (exact) mass is 352 g/mol. The highest BCUT2D eigenvalue weighted by Gasteiger charge is 2.18. The largest absolute Gasteiger partial charge is 0.353 e. The minimum Gasteiger partial charge on any atom is -0.353 e. The Labute approximate surface area is 150 Å². The molecule has 0 radical (unpaired) electrons. The predicted molar refractivity (Wildman–Crippen MR) is 96.3 cm³/mol. The number of rotatable bonds is 5. The minimum absolute atomic E-state index is 0.0585. The Morgan fingerprint density at radius 3 is 2.50 bits per heavy atom. The second kappa shape index (κ2) is 7.44. The molecule has 1 aliphatic rings. The van der Waals surface area contributed by atoms with Crippen molar-refractivity contribution in [2.24, 2.45) is 0 Å². The SMILES string of the molecule is O=c1cccnn1CCN1CCN(c2cncc(-n3cccn3)n2)CC1. The Hall–Kier alpha value is -3.07. The molecule has 9 heteroatoms. The molecule has 0 saturated carbocycles. The highest BCUT2D eigenvalue weighted by Crippen LogP contribution is 2.14. The average molecular weight is 352 g/mol. The quantitative estimate of drug-likeness (QED) is 0.641. The molecule has 0 bridgehead atoms. The topological polar surface area (TPSA) is 85.0 Å². The van der Waals surface area contributed by atoms with E-state index in [4.69, 9.17) is 0 Å². The van der Waals surface area contributed by atoms with Crippen LogP contribution >= 0.6 is 0 Å². The Morgan fingerprint density at radius 1 is 0.923 bits per heavy atom. The molecular weight excluding hydrogens is 332 g/mol. The lowest BCUT2D eigenvalue weighted by atomic mass is 10.3. The fourth-order valence-electron chi connectivity index (χ4n) is 3.00. The lowest BCUT2D eigenvalue weighted by Crippen LogP contribution is -2.48. The van der Waals surface area contributed by atoms with Crippen LogP contribution in [0.3, 0.4) is 0 Å². The van der Waals surface area contributed by atoms with E-state index < -0.39 is 0 Å². The van der Waals surface area contributed by atoms with Gasteiger partial charge in [0.1, 0.15) is 5.82 Å². The standard InChI is InChI=1S/C17H20N8O/c26-17-3-1-4-20-25(17)12-9-22-7-10-23(11-8-22)15-13-18-14-16(21-15)24-6-2-5-19-24/h1-6,13-14H,7-12H2. The molecule has 0 aromatic carbocycles. The first kappa shape index (κ1) is 16.4. The van der Waals surface area contributed by atoms with E-state index in [1.54, 1.807) is 35.5 Å². The van der Waals surface area contributed by atoms with E-state index in [1.807, 2.05) is 12.3 Å². The molecule has 3 aromatic heterocycles. The lowest BCUT2D eigenvalue weighted by Gasteiger charge is -2.35. The zero-order valence-corrected chi connectivity index (χ0v) is 14.3. The number of nitrogens with zero attached hydrogens (tertiary/aromatic N) is 8. The summed E-state index contributed by atoms with van der Waals surface area (Å²) in [4.78, 5) is 25.2. The highest BCUT2D eigenvalue weighted by atomic mass is 16.1. The van der Waals surface area contributed by atoms with E-state index in [1.165, 1.54) is 10.7 Å². The zero-order valence-electron chi connectivity index (χ0n) is 14.3. The molecule has 4 rings (SSSR count). The van der Waals surface area contributed by atoms with Crippen molar-refractivity contribution in [2.75, 3.05) is 37.6 Å². The third-order valence-corrected chi connectivity index (χ3v) is 4.46. The van der Waals surface area contributed by atoms with Gasteiger partial charge in [0, 0.05) is 57.4 Å². The fourth-order valence-corrected chi connectivity index (χ4v) is 3.00. The maximum atomic E-state index is 11.7. The van der Waals surface area contributed by atoms with Crippen molar-refractivity contribution in [1.82, 2.24) is 34.4 Å². The van der Waals surface area contributed by atoms with Gasteiger partial charge in [-0.25, -0.2) is 14.3 Å². The summed E-state index contributed by atoms with van der Waals surface area (Å²) in [5.41, 5.74) is -0.0585. The van der Waals surface area contributed by atoms with Gasteiger partial charge >= 0.3 is 0 Å². The number of anilines is 1. The van der Waals surface area contributed by atoms with Crippen molar-refractivity contribution in [1.29, 1.82) is 0 Å². The van der Waals surface area contributed by atoms with Crippen molar-refractivity contribution in [2.45, 2.75) is 6.54 Å². The summed E-state index contributed by atoms with van der Waals surface area (Å²) in [6, 6.07) is 5.06. The van der Waals surface area contributed by atoms with E-state index in [-0.39, 0.29) is 5.56 Å². The van der Waals surface area contributed by atoms with Gasteiger partial charge in [0.2, 0.25) is 0 Å². The maximum absolute atomic E-state index is 11.7. The van der Waals surface area contributed by atoms with Crippen LogP contribution in [0.25, 0.3) is 5.82 Å². The van der Waals surface area contributed by atoms with Gasteiger partial charge in [0.25, 0.3) is 5.56 Å². The summed E-state index contributed by atoms with van der Waals surface area (Å²) >= 11 is 0. The van der Waals surface area contributed by atoms with Crippen molar-refractivity contribution >= 4 is 5.82 Å². The van der Waals surface area contributed by atoms with Crippen LogP contribution in [0.1, 0.15) is 0 Å². The summed E-state index contributed by atoms with van der Waals surface area (Å²) in [5, 5.41) is 8.30. The van der Waals surface area contributed by atoms with Gasteiger partial charge in [-0.05, 0) is 12.1 Å². The van der Waals surface area contributed by atoms with Crippen molar-refractivity contribution < 1.29 is 0 Å². The molecule has 0 unspecified atom stereocenters. The molecule has 0 amide bonds. The number of hydrogen-bond acceptors (Lipinski definition) is 7. The van der Waals surface area contributed by atoms with Crippen LogP contribution in [-0.2, 0) is 6.54 Å². The molecular formula is C17H20N8O. The molecule has 4 heterocycles. The summed E-state index contributed by atoms with van der Waals surface area (Å²) in [6.45, 7) is 4.98. The van der Waals surface area contributed by atoms with Crippen LogP contribution in [0, 0.1) is 0 Å². The highest BCUT2D eigenvalue weighted by molar-refractivity contribution is 5.39. The molecule has 0 N–H and O–H groups in total. The second-order valence-electron chi connectivity index (χ2n) is 6.10. The Kier molecular flexibility index (Phi) is 4.69. The third-order valence-electron chi connectivity index (χ3n) is 4.46. The van der Waals surface area contributed by atoms with Crippen molar-refractivity contribution in [3.05, 3.63) is 59.5 Å². The number of hydrogen-bond donors (Lipinski definition) is 0. The first-order valence-electron chi connectivity index (χ1n) is 8.61. The summed E-state index contributed by atoms with van der Waals surface area (Å²) < 4.78 is 3.21.